The third-order valence-electron chi connectivity index (χ3n) is 2.53. The van der Waals surface area contributed by atoms with Crippen molar-refractivity contribution in [1.82, 2.24) is 9.78 Å². The predicted octanol–water partition coefficient (Wildman–Crippen LogP) is 2.40. The van der Waals surface area contributed by atoms with Crippen molar-refractivity contribution in [3.63, 3.8) is 0 Å². The van der Waals surface area contributed by atoms with E-state index in [1.165, 1.54) is 29.2 Å². The maximum absolute atomic E-state index is 11.5. The number of rotatable bonds is 4. The summed E-state index contributed by atoms with van der Waals surface area (Å²) in [6.45, 7) is 1.95. The molecule has 0 unspecified atom stereocenters. The van der Waals surface area contributed by atoms with E-state index in [4.69, 9.17) is 21.4 Å². The Balaban J connectivity index is 2.42. The smallest absolute Gasteiger partial charge is 0.341 e. The normalized spacial score (nSPS) is 10.3. The van der Waals surface area contributed by atoms with E-state index in [2.05, 4.69) is 5.10 Å². The Bertz CT molecular complexity index is 666. The van der Waals surface area contributed by atoms with Crippen LogP contribution in [0.25, 0.3) is 5.69 Å². The third-order valence-corrected chi connectivity index (χ3v) is 2.76. The minimum absolute atomic E-state index is 0.00370. The van der Waals surface area contributed by atoms with Crippen molar-refractivity contribution in [3.05, 3.63) is 46.7 Å². The standard InChI is InChI=1S/C13H11ClN2O4/c1-2-20-13(19)8-6-15-16(7-8)11-4-3-9(14)5-10(11)12(17)18/h3-7H,2H2,1H3,(H,17,18). The fourth-order valence-corrected chi connectivity index (χ4v) is 1.83. The molecule has 0 atom stereocenters. The second-order valence-corrected chi connectivity index (χ2v) is 4.30. The van der Waals surface area contributed by atoms with Gasteiger partial charge in [-0.25, -0.2) is 14.3 Å². The van der Waals surface area contributed by atoms with E-state index in [1.54, 1.807) is 13.0 Å². The highest BCUT2D eigenvalue weighted by Gasteiger charge is 2.15. The summed E-state index contributed by atoms with van der Waals surface area (Å²) in [4.78, 5) is 22.7. The molecule has 0 saturated heterocycles. The molecular weight excluding hydrogens is 284 g/mol. The second kappa shape index (κ2) is 5.75. The fraction of sp³-hybridized carbons (Fsp3) is 0.154. The summed E-state index contributed by atoms with van der Waals surface area (Å²) in [7, 11) is 0. The van der Waals surface area contributed by atoms with Crippen LogP contribution in [0.15, 0.2) is 30.6 Å². The maximum Gasteiger partial charge on any atom is 0.341 e. The van der Waals surface area contributed by atoms with E-state index >= 15 is 0 Å². The number of carbonyl (C=O) groups is 2. The highest BCUT2D eigenvalue weighted by Crippen LogP contribution is 2.20. The fourth-order valence-electron chi connectivity index (χ4n) is 1.65. The molecule has 0 spiro atoms. The van der Waals surface area contributed by atoms with E-state index < -0.39 is 11.9 Å². The van der Waals surface area contributed by atoms with Gasteiger partial charge in [0.25, 0.3) is 0 Å². The van der Waals surface area contributed by atoms with Crippen molar-refractivity contribution in [2.75, 3.05) is 6.61 Å². The number of aromatic carboxylic acids is 1. The molecule has 0 aliphatic carbocycles. The Hall–Kier alpha value is -2.34. The molecule has 2 aromatic rings. The van der Waals surface area contributed by atoms with Crippen molar-refractivity contribution >= 4 is 23.5 Å². The quantitative estimate of drug-likeness (QED) is 0.876. The number of esters is 1. The lowest BCUT2D eigenvalue weighted by atomic mass is 10.2. The number of aromatic nitrogens is 2. The number of halogens is 1. The zero-order valence-corrected chi connectivity index (χ0v) is 11.3. The van der Waals surface area contributed by atoms with E-state index in [0.29, 0.717) is 10.7 Å². The number of nitrogens with zero attached hydrogens (tertiary/aromatic N) is 2. The molecule has 104 valence electrons. The van der Waals surface area contributed by atoms with Crippen LogP contribution in [0.3, 0.4) is 0 Å². The first kappa shape index (κ1) is 14.1. The Morgan fingerprint density at radius 2 is 2.20 bits per heavy atom. The highest BCUT2D eigenvalue weighted by atomic mass is 35.5. The van der Waals surface area contributed by atoms with Crippen LogP contribution < -0.4 is 0 Å². The van der Waals surface area contributed by atoms with Crippen LogP contribution in [0.1, 0.15) is 27.6 Å². The number of benzene rings is 1. The van der Waals surface area contributed by atoms with Crippen molar-refractivity contribution in [1.29, 1.82) is 0 Å². The number of ether oxygens (including phenoxy) is 1. The zero-order valence-electron chi connectivity index (χ0n) is 10.5. The summed E-state index contributed by atoms with van der Waals surface area (Å²) in [5.41, 5.74) is 0.562. The monoisotopic (exact) mass is 294 g/mol. The third kappa shape index (κ3) is 2.80. The van der Waals surface area contributed by atoms with E-state index in [9.17, 15) is 9.59 Å². The van der Waals surface area contributed by atoms with Gasteiger partial charge in [0.05, 0.1) is 29.6 Å². The average Bonchev–Trinajstić information content (AvgIpc) is 2.88. The summed E-state index contributed by atoms with van der Waals surface area (Å²) < 4.78 is 6.14. The van der Waals surface area contributed by atoms with Gasteiger partial charge in [-0.1, -0.05) is 11.6 Å². The van der Waals surface area contributed by atoms with Crippen molar-refractivity contribution in [2.24, 2.45) is 0 Å². The number of carboxylic acids is 1. The zero-order chi connectivity index (χ0) is 14.7. The number of carbonyl (C=O) groups excluding carboxylic acids is 1. The summed E-state index contributed by atoms with van der Waals surface area (Å²) in [6.07, 6.45) is 2.73. The first-order valence-corrected chi connectivity index (χ1v) is 6.15. The molecule has 1 heterocycles. The van der Waals surface area contributed by atoms with Crippen LogP contribution in [0.2, 0.25) is 5.02 Å². The number of hydrogen-bond acceptors (Lipinski definition) is 4. The Labute approximate surface area is 119 Å². The van der Waals surface area contributed by atoms with Gasteiger partial charge in [0, 0.05) is 11.2 Å². The lowest BCUT2D eigenvalue weighted by molar-refractivity contribution is 0.0526. The highest BCUT2D eigenvalue weighted by molar-refractivity contribution is 6.31. The summed E-state index contributed by atoms with van der Waals surface area (Å²) in [5.74, 6) is -1.64. The maximum atomic E-state index is 11.5. The lowest BCUT2D eigenvalue weighted by Crippen LogP contribution is -2.06. The van der Waals surface area contributed by atoms with Gasteiger partial charge < -0.3 is 9.84 Å². The minimum Gasteiger partial charge on any atom is -0.478 e. The summed E-state index contributed by atoms with van der Waals surface area (Å²) >= 11 is 5.78. The molecule has 0 aliphatic heterocycles. The van der Waals surface area contributed by atoms with Gasteiger partial charge in [-0.3, -0.25) is 0 Å². The van der Waals surface area contributed by atoms with Crippen molar-refractivity contribution < 1.29 is 19.4 Å². The first-order valence-electron chi connectivity index (χ1n) is 5.78. The lowest BCUT2D eigenvalue weighted by Gasteiger charge is -2.06. The first-order chi connectivity index (χ1) is 9.52. The van der Waals surface area contributed by atoms with Crippen LogP contribution in [0.5, 0.6) is 0 Å². The molecule has 6 nitrogen and oxygen atoms in total. The van der Waals surface area contributed by atoms with Crippen molar-refractivity contribution in [2.45, 2.75) is 6.92 Å². The Morgan fingerprint density at radius 1 is 1.45 bits per heavy atom. The van der Waals surface area contributed by atoms with E-state index in [0.717, 1.165) is 0 Å². The molecule has 0 saturated carbocycles. The molecule has 1 aromatic heterocycles. The molecule has 7 heteroatoms. The molecule has 0 aliphatic rings. The van der Waals surface area contributed by atoms with Gasteiger partial charge >= 0.3 is 11.9 Å². The molecule has 1 N–H and O–H groups in total. The van der Waals surface area contributed by atoms with E-state index in [1.807, 2.05) is 0 Å². The van der Waals surface area contributed by atoms with Crippen molar-refractivity contribution in [3.8, 4) is 5.69 Å². The SMILES string of the molecule is CCOC(=O)c1cnn(-c2ccc(Cl)cc2C(=O)O)c1. The van der Waals surface area contributed by atoms with Gasteiger partial charge in [-0.05, 0) is 25.1 Å². The number of hydrogen-bond donors (Lipinski definition) is 1. The van der Waals surface area contributed by atoms with Crippen LogP contribution in [0, 0.1) is 0 Å². The summed E-state index contributed by atoms with van der Waals surface area (Å²) in [5, 5.41) is 13.4. The molecule has 0 radical (unpaired) electrons. The van der Waals surface area contributed by atoms with Crippen LogP contribution in [-0.4, -0.2) is 33.4 Å². The molecule has 0 amide bonds. The molecule has 0 bridgehead atoms. The Kier molecular flexibility index (Phi) is 4.05. The largest absolute Gasteiger partial charge is 0.478 e. The molecule has 1 aromatic carbocycles. The van der Waals surface area contributed by atoms with Gasteiger partial charge in [0.2, 0.25) is 0 Å². The van der Waals surface area contributed by atoms with Crippen LogP contribution >= 0.6 is 11.6 Å². The van der Waals surface area contributed by atoms with Gasteiger partial charge in [0.1, 0.15) is 0 Å². The van der Waals surface area contributed by atoms with Gasteiger partial charge in [0.15, 0.2) is 0 Å². The predicted molar refractivity (Wildman–Crippen MR) is 71.5 cm³/mol. The van der Waals surface area contributed by atoms with Crippen LogP contribution in [-0.2, 0) is 4.74 Å². The molecular formula is C13H11ClN2O4. The average molecular weight is 295 g/mol. The number of carboxylic acid groups (broad SMARTS) is 1. The molecule has 2 rings (SSSR count). The van der Waals surface area contributed by atoms with Gasteiger partial charge in [-0.15, -0.1) is 0 Å². The van der Waals surface area contributed by atoms with Crippen LogP contribution in [0.4, 0.5) is 0 Å². The van der Waals surface area contributed by atoms with E-state index in [-0.39, 0.29) is 17.7 Å². The Morgan fingerprint density at radius 3 is 2.85 bits per heavy atom. The second-order valence-electron chi connectivity index (χ2n) is 3.86. The molecule has 0 fully saturated rings. The molecule has 20 heavy (non-hydrogen) atoms. The topological polar surface area (TPSA) is 81.4 Å². The minimum atomic E-state index is -1.13. The van der Waals surface area contributed by atoms with Gasteiger partial charge in [-0.2, -0.15) is 5.10 Å². The summed E-state index contributed by atoms with van der Waals surface area (Å²) in [6, 6.07) is 4.40.